The fourth-order valence-corrected chi connectivity index (χ4v) is 2.69. The molecule has 1 fully saturated rings. The summed E-state index contributed by atoms with van der Waals surface area (Å²) in [4.78, 5) is 6.57. The van der Waals surface area contributed by atoms with Crippen molar-refractivity contribution in [2.24, 2.45) is 0 Å². The first-order valence-electron chi connectivity index (χ1n) is 6.66. The molecule has 0 saturated carbocycles. The van der Waals surface area contributed by atoms with Crippen LogP contribution in [0.25, 0.3) is 0 Å². The average Bonchev–Trinajstić information content (AvgIpc) is 2.97. The molecule has 1 atom stereocenters. The van der Waals surface area contributed by atoms with Gasteiger partial charge in [0.1, 0.15) is 17.7 Å². The van der Waals surface area contributed by atoms with Crippen molar-refractivity contribution in [3.05, 3.63) is 59.5 Å². The van der Waals surface area contributed by atoms with Crippen LogP contribution in [0.1, 0.15) is 30.0 Å². The SMILES string of the molecule is N#Cc1ccc(N2CCCC2c2ccc(F)cc2)nc1. The van der Waals surface area contributed by atoms with E-state index in [0.717, 1.165) is 30.8 Å². The summed E-state index contributed by atoms with van der Waals surface area (Å²) in [6.07, 6.45) is 3.71. The highest BCUT2D eigenvalue weighted by Crippen LogP contribution is 2.35. The summed E-state index contributed by atoms with van der Waals surface area (Å²) in [6, 6.07) is 12.6. The second-order valence-electron chi connectivity index (χ2n) is 4.92. The molecule has 1 aromatic carbocycles. The Bertz CT molecular complexity index is 628. The number of anilines is 1. The van der Waals surface area contributed by atoms with Crippen LogP contribution < -0.4 is 4.90 Å². The average molecular weight is 267 g/mol. The minimum absolute atomic E-state index is 0.213. The van der Waals surface area contributed by atoms with E-state index in [2.05, 4.69) is 16.0 Å². The molecule has 2 aromatic rings. The van der Waals surface area contributed by atoms with Crippen LogP contribution in [0.4, 0.5) is 10.2 Å². The van der Waals surface area contributed by atoms with Crippen molar-refractivity contribution in [3.63, 3.8) is 0 Å². The van der Waals surface area contributed by atoms with Crippen LogP contribution in [0.3, 0.4) is 0 Å². The smallest absolute Gasteiger partial charge is 0.129 e. The molecule has 0 aliphatic carbocycles. The van der Waals surface area contributed by atoms with Gasteiger partial charge < -0.3 is 4.90 Å². The van der Waals surface area contributed by atoms with E-state index in [9.17, 15) is 4.39 Å². The lowest BCUT2D eigenvalue weighted by atomic mass is 10.0. The van der Waals surface area contributed by atoms with E-state index in [1.165, 1.54) is 12.1 Å². The maximum absolute atomic E-state index is 13.0. The standard InChI is InChI=1S/C16H14FN3/c17-14-6-4-13(5-7-14)15-2-1-9-20(15)16-8-3-12(10-18)11-19-16/h3-8,11,15H,1-2,9H2. The van der Waals surface area contributed by atoms with Gasteiger partial charge in [0.15, 0.2) is 0 Å². The van der Waals surface area contributed by atoms with E-state index in [-0.39, 0.29) is 11.9 Å². The monoisotopic (exact) mass is 267 g/mol. The molecule has 1 aliphatic heterocycles. The van der Waals surface area contributed by atoms with Gasteiger partial charge in [-0.25, -0.2) is 9.37 Å². The van der Waals surface area contributed by atoms with Crippen molar-refractivity contribution in [1.29, 1.82) is 5.26 Å². The van der Waals surface area contributed by atoms with Crippen LogP contribution >= 0.6 is 0 Å². The number of nitriles is 1. The first-order chi connectivity index (χ1) is 9.78. The molecule has 0 amide bonds. The number of benzene rings is 1. The van der Waals surface area contributed by atoms with Crippen molar-refractivity contribution in [3.8, 4) is 6.07 Å². The maximum Gasteiger partial charge on any atom is 0.129 e. The summed E-state index contributed by atoms with van der Waals surface area (Å²) < 4.78 is 13.0. The molecule has 4 heteroatoms. The van der Waals surface area contributed by atoms with Crippen molar-refractivity contribution < 1.29 is 4.39 Å². The quantitative estimate of drug-likeness (QED) is 0.836. The number of hydrogen-bond donors (Lipinski definition) is 0. The van der Waals surface area contributed by atoms with Crippen LogP contribution in [0.5, 0.6) is 0 Å². The Morgan fingerprint density at radius 3 is 2.65 bits per heavy atom. The van der Waals surface area contributed by atoms with Crippen LogP contribution in [-0.4, -0.2) is 11.5 Å². The van der Waals surface area contributed by atoms with Crippen molar-refractivity contribution >= 4 is 5.82 Å². The van der Waals surface area contributed by atoms with E-state index in [1.54, 1.807) is 12.3 Å². The summed E-state index contributed by atoms with van der Waals surface area (Å²) in [5.74, 6) is 0.658. The topological polar surface area (TPSA) is 39.9 Å². The molecule has 3 rings (SSSR count). The highest BCUT2D eigenvalue weighted by Gasteiger charge is 2.26. The van der Waals surface area contributed by atoms with Crippen molar-refractivity contribution in [2.75, 3.05) is 11.4 Å². The number of rotatable bonds is 2. The molecule has 1 aliphatic rings. The van der Waals surface area contributed by atoms with Crippen molar-refractivity contribution in [2.45, 2.75) is 18.9 Å². The molecule has 1 saturated heterocycles. The summed E-state index contributed by atoms with van der Waals surface area (Å²) in [5.41, 5.74) is 1.67. The van der Waals surface area contributed by atoms with Crippen molar-refractivity contribution in [1.82, 2.24) is 4.98 Å². The number of hydrogen-bond acceptors (Lipinski definition) is 3. The summed E-state index contributed by atoms with van der Waals surface area (Å²) in [7, 11) is 0. The number of halogens is 1. The molecular formula is C16H14FN3. The minimum atomic E-state index is -0.213. The zero-order valence-electron chi connectivity index (χ0n) is 11.0. The lowest BCUT2D eigenvalue weighted by Gasteiger charge is -2.26. The van der Waals surface area contributed by atoms with E-state index in [0.29, 0.717) is 5.56 Å². The van der Waals surface area contributed by atoms with Gasteiger partial charge in [-0.1, -0.05) is 12.1 Å². The third kappa shape index (κ3) is 2.35. The second kappa shape index (κ2) is 5.30. The third-order valence-electron chi connectivity index (χ3n) is 3.68. The second-order valence-corrected chi connectivity index (χ2v) is 4.92. The largest absolute Gasteiger partial charge is 0.350 e. The lowest BCUT2D eigenvalue weighted by Crippen LogP contribution is -2.23. The third-order valence-corrected chi connectivity index (χ3v) is 3.68. The lowest BCUT2D eigenvalue weighted by molar-refractivity contribution is 0.624. The van der Waals surface area contributed by atoms with Crippen LogP contribution in [0, 0.1) is 17.1 Å². The van der Waals surface area contributed by atoms with Gasteiger partial charge in [0.05, 0.1) is 11.6 Å². The van der Waals surface area contributed by atoms with E-state index < -0.39 is 0 Å². The molecule has 20 heavy (non-hydrogen) atoms. The normalized spacial score (nSPS) is 18.0. The molecule has 0 radical (unpaired) electrons. The zero-order chi connectivity index (χ0) is 13.9. The summed E-state index contributed by atoms with van der Waals surface area (Å²) >= 11 is 0. The highest BCUT2D eigenvalue weighted by molar-refractivity contribution is 5.46. The predicted molar refractivity (Wildman–Crippen MR) is 74.7 cm³/mol. The van der Waals surface area contributed by atoms with Gasteiger partial charge in [0, 0.05) is 12.7 Å². The van der Waals surface area contributed by atoms with Crippen LogP contribution in [0.2, 0.25) is 0 Å². The molecular weight excluding hydrogens is 253 g/mol. The molecule has 0 bridgehead atoms. The number of pyridine rings is 1. The first kappa shape index (κ1) is 12.6. The molecule has 1 unspecified atom stereocenters. The molecule has 0 N–H and O–H groups in total. The van der Waals surface area contributed by atoms with Gasteiger partial charge in [0.2, 0.25) is 0 Å². The molecule has 3 nitrogen and oxygen atoms in total. The van der Waals surface area contributed by atoms with E-state index in [1.807, 2.05) is 18.2 Å². The fraction of sp³-hybridized carbons (Fsp3) is 0.250. The minimum Gasteiger partial charge on any atom is -0.350 e. The predicted octanol–water partition coefficient (Wildman–Crippen LogP) is 3.43. The molecule has 100 valence electrons. The van der Waals surface area contributed by atoms with Gasteiger partial charge >= 0.3 is 0 Å². The first-order valence-corrected chi connectivity index (χ1v) is 6.66. The Kier molecular flexibility index (Phi) is 3.34. The van der Waals surface area contributed by atoms with Crippen LogP contribution in [0.15, 0.2) is 42.6 Å². The van der Waals surface area contributed by atoms with Crippen LogP contribution in [-0.2, 0) is 0 Å². The Hall–Kier alpha value is -2.41. The van der Waals surface area contributed by atoms with E-state index in [4.69, 9.17) is 5.26 Å². The highest BCUT2D eigenvalue weighted by atomic mass is 19.1. The summed E-state index contributed by atoms with van der Waals surface area (Å²) in [6.45, 7) is 0.931. The number of nitrogens with zero attached hydrogens (tertiary/aromatic N) is 3. The fourth-order valence-electron chi connectivity index (χ4n) is 2.69. The van der Waals surface area contributed by atoms with E-state index >= 15 is 0 Å². The van der Waals surface area contributed by atoms with Gasteiger partial charge in [-0.05, 0) is 42.7 Å². The van der Waals surface area contributed by atoms with Gasteiger partial charge in [0.25, 0.3) is 0 Å². The zero-order valence-corrected chi connectivity index (χ0v) is 11.0. The molecule has 2 heterocycles. The van der Waals surface area contributed by atoms with Gasteiger partial charge in [-0.3, -0.25) is 0 Å². The Morgan fingerprint density at radius 2 is 2.00 bits per heavy atom. The Morgan fingerprint density at radius 1 is 1.20 bits per heavy atom. The van der Waals surface area contributed by atoms with Gasteiger partial charge in [-0.2, -0.15) is 5.26 Å². The van der Waals surface area contributed by atoms with Gasteiger partial charge in [-0.15, -0.1) is 0 Å². The Labute approximate surface area is 117 Å². The molecule has 1 aromatic heterocycles. The maximum atomic E-state index is 13.0. The summed E-state index contributed by atoms with van der Waals surface area (Å²) in [5, 5.41) is 8.81. The molecule has 0 spiro atoms. The Balaban J connectivity index is 1.88. The number of aromatic nitrogens is 1.